The fourth-order valence-electron chi connectivity index (χ4n) is 2.38. The first kappa shape index (κ1) is 13.5. The molecule has 1 saturated carbocycles. The van der Waals surface area contributed by atoms with Crippen LogP contribution in [0.3, 0.4) is 0 Å². The Bertz CT molecular complexity index is 602. The highest BCUT2D eigenvalue weighted by Crippen LogP contribution is 2.51. The van der Waals surface area contributed by atoms with Crippen LogP contribution in [0.2, 0.25) is 5.02 Å². The lowest BCUT2D eigenvalue weighted by atomic mass is 9.88. The van der Waals surface area contributed by atoms with Crippen molar-refractivity contribution in [2.24, 2.45) is 0 Å². The summed E-state index contributed by atoms with van der Waals surface area (Å²) < 4.78 is 16.0. The Morgan fingerprint density at radius 3 is 2.85 bits per heavy atom. The lowest BCUT2D eigenvalue weighted by Gasteiger charge is -2.32. The highest BCUT2D eigenvalue weighted by atomic mass is 35.5. The van der Waals surface area contributed by atoms with Gasteiger partial charge in [-0.3, -0.25) is 4.98 Å². The second kappa shape index (κ2) is 4.79. The summed E-state index contributed by atoms with van der Waals surface area (Å²) in [6.45, 7) is 0.0438. The quantitative estimate of drug-likeness (QED) is 0.914. The van der Waals surface area contributed by atoms with Crippen LogP contribution >= 0.6 is 11.6 Å². The zero-order valence-electron chi connectivity index (χ0n) is 10.7. The Hall–Kier alpha value is -1.53. The van der Waals surface area contributed by atoms with Crippen molar-refractivity contribution in [3.05, 3.63) is 41.7 Å². The maximum absolute atomic E-state index is 14.6. The van der Waals surface area contributed by atoms with Gasteiger partial charge in [0.1, 0.15) is 23.9 Å². The third kappa shape index (κ3) is 2.41. The normalized spacial score (nSPS) is 19.6. The van der Waals surface area contributed by atoms with E-state index in [0.717, 1.165) is 0 Å². The Morgan fingerprint density at radius 2 is 2.25 bits per heavy atom. The van der Waals surface area contributed by atoms with Crippen LogP contribution in [0.4, 0.5) is 4.39 Å². The fraction of sp³-hybridized carbons (Fsp3) is 0.462. The zero-order chi connectivity index (χ0) is 14.2. The van der Waals surface area contributed by atoms with Crippen molar-refractivity contribution in [2.75, 3.05) is 0 Å². The molecule has 1 unspecified atom stereocenters. The van der Waals surface area contributed by atoms with Gasteiger partial charge in [0.15, 0.2) is 0 Å². The van der Waals surface area contributed by atoms with E-state index in [1.807, 2.05) is 0 Å². The van der Waals surface area contributed by atoms with E-state index in [2.05, 4.69) is 15.1 Å². The van der Waals surface area contributed by atoms with Crippen molar-refractivity contribution >= 4 is 11.6 Å². The molecule has 7 heteroatoms. The molecule has 20 heavy (non-hydrogen) atoms. The summed E-state index contributed by atoms with van der Waals surface area (Å²) in [6.07, 6.45) is 6.70. The monoisotopic (exact) mass is 296 g/mol. The molecule has 1 aliphatic rings. The molecule has 0 amide bonds. The third-order valence-electron chi connectivity index (χ3n) is 3.75. The van der Waals surface area contributed by atoms with Crippen LogP contribution in [-0.2, 0) is 13.0 Å². The highest BCUT2D eigenvalue weighted by molar-refractivity contribution is 6.31. The molecule has 0 radical (unpaired) electrons. The van der Waals surface area contributed by atoms with Gasteiger partial charge >= 0.3 is 0 Å². The second-order valence-corrected chi connectivity index (χ2v) is 5.64. The summed E-state index contributed by atoms with van der Waals surface area (Å²) in [5.41, 5.74) is -2.47. The number of pyridine rings is 1. The number of nitrogens with zero attached hydrogens (tertiary/aromatic N) is 4. The summed E-state index contributed by atoms with van der Waals surface area (Å²) in [4.78, 5) is 7.71. The SMILES string of the molecule is OC(Cc1ccncc1Cl)(Cn1cncn1)C1(F)CC1. The highest BCUT2D eigenvalue weighted by Gasteiger charge is 2.60. The average molecular weight is 297 g/mol. The van der Waals surface area contributed by atoms with E-state index < -0.39 is 11.3 Å². The molecular formula is C13H14ClFN4O. The van der Waals surface area contributed by atoms with Crippen molar-refractivity contribution in [3.8, 4) is 0 Å². The standard InChI is InChI=1S/C13H14ClFN4O/c14-11-6-16-4-1-10(11)5-13(20,12(15)2-3-12)7-19-9-17-8-18-19/h1,4,6,8-9,20H,2-3,5,7H2. The van der Waals surface area contributed by atoms with Gasteiger partial charge in [-0.2, -0.15) is 5.10 Å². The minimum Gasteiger partial charge on any atom is -0.384 e. The van der Waals surface area contributed by atoms with E-state index in [0.29, 0.717) is 23.4 Å². The van der Waals surface area contributed by atoms with E-state index in [-0.39, 0.29) is 13.0 Å². The van der Waals surface area contributed by atoms with E-state index in [1.165, 1.54) is 23.5 Å². The molecule has 1 N–H and O–H groups in total. The van der Waals surface area contributed by atoms with E-state index in [1.54, 1.807) is 12.3 Å². The average Bonchev–Trinajstić information content (AvgIpc) is 2.98. The molecule has 0 bridgehead atoms. The second-order valence-electron chi connectivity index (χ2n) is 5.23. The van der Waals surface area contributed by atoms with E-state index >= 15 is 0 Å². The molecule has 1 atom stereocenters. The Balaban J connectivity index is 1.89. The number of aliphatic hydroxyl groups is 1. The van der Waals surface area contributed by atoms with Crippen molar-refractivity contribution < 1.29 is 9.50 Å². The summed E-state index contributed by atoms with van der Waals surface area (Å²) in [7, 11) is 0. The van der Waals surface area contributed by atoms with Crippen LogP contribution in [-0.4, -0.2) is 36.1 Å². The van der Waals surface area contributed by atoms with Gasteiger partial charge in [0, 0.05) is 18.8 Å². The Kier molecular flexibility index (Phi) is 3.22. The number of hydrogen-bond acceptors (Lipinski definition) is 4. The van der Waals surface area contributed by atoms with Gasteiger partial charge in [-0.15, -0.1) is 0 Å². The first-order valence-electron chi connectivity index (χ1n) is 6.35. The van der Waals surface area contributed by atoms with E-state index in [4.69, 9.17) is 11.6 Å². The molecule has 3 rings (SSSR count). The van der Waals surface area contributed by atoms with Gasteiger partial charge < -0.3 is 5.11 Å². The van der Waals surface area contributed by atoms with Crippen molar-refractivity contribution in [3.63, 3.8) is 0 Å². The molecule has 2 heterocycles. The molecule has 106 valence electrons. The largest absolute Gasteiger partial charge is 0.384 e. The predicted octanol–water partition coefficient (Wildman–Crippen LogP) is 1.80. The molecule has 0 aliphatic heterocycles. The molecule has 0 aromatic carbocycles. The van der Waals surface area contributed by atoms with Gasteiger partial charge in [0.05, 0.1) is 11.6 Å². The Labute approximate surface area is 120 Å². The molecule has 2 aromatic heterocycles. The lowest BCUT2D eigenvalue weighted by Crippen LogP contribution is -2.47. The maximum Gasteiger partial charge on any atom is 0.141 e. The summed E-state index contributed by atoms with van der Waals surface area (Å²) in [6, 6.07) is 1.69. The van der Waals surface area contributed by atoms with Crippen LogP contribution in [0, 0.1) is 0 Å². The molecule has 2 aromatic rings. The summed E-state index contributed by atoms with van der Waals surface area (Å²) in [5.74, 6) is 0. The van der Waals surface area contributed by atoms with Crippen LogP contribution in [0.25, 0.3) is 0 Å². The van der Waals surface area contributed by atoms with Gasteiger partial charge in [0.2, 0.25) is 0 Å². The number of hydrogen-bond donors (Lipinski definition) is 1. The third-order valence-corrected chi connectivity index (χ3v) is 4.09. The zero-order valence-corrected chi connectivity index (χ0v) is 11.5. The van der Waals surface area contributed by atoms with Gasteiger partial charge in [-0.05, 0) is 24.5 Å². The molecule has 0 saturated heterocycles. The minimum atomic E-state index is -1.59. The molecule has 5 nitrogen and oxygen atoms in total. The van der Waals surface area contributed by atoms with Crippen LogP contribution < -0.4 is 0 Å². The minimum absolute atomic E-state index is 0.0438. The smallest absolute Gasteiger partial charge is 0.141 e. The lowest BCUT2D eigenvalue weighted by molar-refractivity contribution is -0.0652. The molecule has 1 aliphatic carbocycles. The molecule has 0 spiro atoms. The number of aromatic nitrogens is 4. The predicted molar refractivity (Wildman–Crippen MR) is 71.0 cm³/mol. The molecule has 1 fully saturated rings. The number of rotatable bonds is 5. The Morgan fingerprint density at radius 1 is 1.45 bits per heavy atom. The van der Waals surface area contributed by atoms with Crippen molar-refractivity contribution in [2.45, 2.75) is 37.1 Å². The topological polar surface area (TPSA) is 63.8 Å². The van der Waals surface area contributed by atoms with Crippen LogP contribution in [0.5, 0.6) is 0 Å². The summed E-state index contributed by atoms with van der Waals surface area (Å²) in [5, 5.41) is 15.2. The van der Waals surface area contributed by atoms with Crippen LogP contribution in [0.1, 0.15) is 18.4 Å². The first-order chi connectivity index (χ1) is 9.52. The van der Waals surface area contributed by atoms with Crippen molar-refractivity contribution in [1.82, 2.24) is 19.7 Å². The van der Waals surface area contributed by atoms with E-state index in [9.17, 15) is 9.50 Å². The fourth-order valence-corrected chi connectivity index (χ4v) is 2.56. The number of alkyl halides is 1. The summed E-state index contributed by atoms with van der Waals surface area (Å²) >= 11 is 6.05. The molecular weight excluding hydrogens is 283 g/mol. The number of halogens is 2. The van der Waals surface area contributed by atoms with Crippen LogP contribution in [0.15, 0.2) is 31.1 Å². The van der Waals surface area contributed by atoms with Crippen molar-refractivity contribution in [1.29, 1.82) is 0 Å². The van der Waals surface area contributed by atoms with Gasteiger partial charge in [0.25, 0.3) is 0 Å². The van der Waals surface area contributed by atoms with Gasteiger partial charge in [-0.25, -0.2) is 14.1 Å². The maximum atomic E-state index is 14.6. The van der Waals surface area contributed by atoms with Gasteiger partial charge in [-0.1, -0.05) is 11.6 Å². The first-order valence-corrected chi connectivity index (χ1v) is 6.72.